The van der Waals surface area contributed by atoms with Gasteiger partial charge in [0.15, 0.2) is 0 Å². The Morgan fingerprint density at radius 1 is 1.10 bits per heavy atom. The van der Waals surface area contributed by atoms with E-state index in [1.807, 2.05) is 45.0 Å². The summed E-state index contributed by atoms with van der Waals surface area (Å²) in [5, 5.41) is 2.86. The topological polar surface area (TPSA) is 55.4 Å². The number of hydrogen-bond acceptors (Lipinski definition) is 3. The van der Waals surface area contributed by atoms with E-state index in [2.05, 4.69) is 5.32 Å². The van der Waals surface area contributed by atoms with Crippen LogP contribution >= 0.6 is 0 Å². The van der Waals surface area contributed by atoms with Crippen LogP contribution < -0.4 is 10.1 Å². The Morgan fingerprint density at radius 3 is 2.24 bits per heavy atom. The van der Waals surface area contributed by atoms with Crippen molar-refractivity contribution in [3.63, 3.8) is 0 Å². The lowest BCUT2D eigenvalue weighted by Crippen LogP contribution is -2.24. The molecule has 0 bridgehead atoms. The molecule has 21 heavy (non-hydrogen) atoms. The minimum Gasteiger partial charge on any atom is -0.497 e. The molecule has 1 aromatic rings. The molecule has 0 heterocycles. The van der Waals surface area contributed by atoms with Crippen molar-refractivity contribution in [1.29, 1.82) is 0 Å². The summed E-state index contributed by atoms with van der Waals surface area (Å²) in [4.78, 5) is 23.5. The number of ketones is 1. The third-order valence-corrected chi connectivity index (χ3v) is 3.29. The quantitative estimate of drug-likeness (QED) is 0.840. The van der Waals surface area contributed by atoms with Crippen LogP contribution in [0.3, 0.4) is 0 Å². The zero-order chi connectivity index (χ0) is 15.9. The maximum Gasteiger partial charge on any atom is 0.220 e. The van der Waals surface area contributed by atoms with Crippen LogP contribution in [-0.2, 0) is 16.1 Å². The van der Waals surface area contributed by atoms with E-state index in [9.17, 15) is 9.59 Å². The highest BCUT2D eigenvalue weighted by atomic mass is 16.5. The molecule has 0 aromatic heterocycles. The van der Waals surface area contributed by atoms with Crippen molar-refractivity contribution in [3.05, 3.63) is 29.8 Å². The van der Waals surface area contributed by atoms with Crippen molar-refractivity contribution < 1.29 is 14.3 Å². The first-order valence-corrected chi connectivity index (χ1v) is 7.26. The number of nitrogens with one attached hydrogen (secondary N) is 1. The van der Waals surface area contributed by atoms with Gasteiger partial charge in [-0.3, -0.25) is 9.59 Å². The molecule has 0 aliphatic rings. The van der Waals surface area contributed by atoms with Gasteiger partial charge in [-0.15, -0.1) is 0 Å². The van der Waals surface area contributed by atoms with Gasteiger partial charge in [0.1, 0.15) is 11.5 Å². The summed E-state index contributed by atoms with van der Waals surface area (Å²) in [5.74, 6) is 0.976. The largest absolute Gasteiger partial charge is 0.497 e. The standard InChI is InChI=1S/C17H25NO3/c1-17(2,3)15(19)6-5-7-16(20)18-12-13-8-10-14(21-4)11-9-13/h8-11H,5-7,12H2,1-4H3,(H,18,20). The summed E-state index contributed by atoms with van der Waals surface area (Å²) in [5.41, 5.74) is 0.703. The van der Waals surface area contributed by atoms with Crippen LogP contribution in [0.1, 0.15) is 45.6 Å². The van der Waals surface area contributed by atoms with Crippen LogP contribution in [0.5, 0.6) is 5.75 Å². The highest BCUT2D eigenvalue weighted by Gasteiger charge is 2.20. The predicted molar refractivity (Wildman–Crippen MR) is 83.2 cm³/mol. The van der Waals surface area contributed by atoms with Crippen molar-refractivity contribution in [2.24, 2.45) is 5.41 Å². The number of hydrogen-bond donors (Lipinski definition) is 1. The summed E-state index contributed by atoms with van der Waals surface area (Å²) in [6.07, 6.45) is 1.45. The second-order valence-electron chi connectivity index (χ2n) is 6.15. The average molecular weight is 291 g/mol. The van der Waals surface area contributed by atoms with Gasteiger partial charge in [0.25, 0.3) is 0 Å². The van der Waals surface area contributed by atoms with E-state index in [0.717, 1.165) is 11.3 Å². The van der Waals surface area contributed by atoms with Gasteiger partial charge in [0, 0.05) is 24.8 Å². The third-order valence-electron chi connectivity index (χ3n) is 3.29. The molecule has 1 rings (SSSR count). The first-order chi connectivity index (χ1) is 9.82. The normalized spacial score (nSPS) is 11.0. The van der Waals surface area contributed by atoms with Gasteiger partial charge in [-0.1, -0.05) is 32.9 Å². The van der Waals surface area contributed by atoms with E-state index in [-0.39, 0.29) is 17.1 Å². The van der Waals surface area contributed by atoms with Crippen LogP contribution in [-0.4, -0.2) is 18.8 Å². The van der Waals surface area contributed by atoms with Gasteiger partial charge < -0.3 is 10.1 Å². The molecule has 1 N–H and O–H groups in total. The van der Waals surface area contributed by atoms with Crippen LogP contribution in [0.25, 0.3) is 0 Å². The molecule has 4 nitrogen and oxygen atoms in total. The maximum absolute atomic E-state index is 11.7. The fraction of sp³-hybridized carbons (Fsp3) is 0.529. The van der Waals surface area contributed by atoms with Gasteiger partial charge in [-0.05, 0) is 24.1 Å². The van der Waals surface area contributed by atoms with E-state index in [0.29, 0.717) is 25.8 Å². The summed E-state index contributed by atoms with van der Waals surface area (Å²) in [6.45, 7) is 6.20. The molecule has 0 spiro atoms. The molecule has 4 heteroatoms. The summed E-state index contributed by atoms with van der Waals surface area (Å²) in [7, 11) is 1.62. The number of methoxy groups -OCH3 is 1. The van der Waals surface area contributed by atoms with E-state index >= 15 is 0 Å². The molecule has 0 radical (unpaired) electrons. The van der Waals surface area contributed by atoms with E-state index in [4.69, 9.17) is 4.74 Å². The van der Waals surface area contributed by atoms with E-state index in [1.165, 1.54) is 0 Å². The number of ether oxygens (including phenoxy) is 1. The lowest BCUT2D eigenvalue weighted by atomic mass is 9.88. The second kappa shape index (κ2) is 7.81. The molecule has 0 fully saturated rings. The molecule has 0 saturated heterocycles. The molecule has 0 unspecified atom stereocenters. The molecule has 1 aromatic carbocycles. The number of Topliss-reactive ketones (excluding diaryl/α,β-unsaturated/α-hetero) is 1. The minimum absolute atomic E-state index is 0.0208. The lowest BCUT2D eigenvalue weighted by Gasteiger charge is -2.16. The molecule has 1 amide bonds. The van der Waals surface area contributed by atoms with E-state index < -0.39 is 0 Å². The maximum atomic E-state index is 11.7. The van der Waals surface area contributed by atoms with Crippen LogP contribution in [0.2, 0.25) is 0 Å². The van der Waals surface area contributed by atoms with Gasteiger partial charge in [-0.25, -0.2) is 0 Å². The van der Waals surface area contributed by atoms with Crippen LogP contribution in [0, 0.1) is 5.41 Å². The molecule has 0 aliphatic carbocycles. The first-order valence-electron chi connectivity index (χ1n) is 7.26. The van der Waals surface area contributed by atoms with Crippen LogP contribution in [0.4, 0.5) is 0 Å². The average Bonchev–Trinajstić information content (AvgIpc) is 2.44. The van der Waals surface area contributed by atoms with Crippen molar-refractivity contribution in [1.82, 2.24) is 5.32 Å². The second-order valence-corrected chi connectivity index (χ2v) is 6.15. The van der Waals surface area contributed by atoms with Crippen molar-refractivity contribution in [3.8, 4) is 5.75 Å². The van der Waals surface area contributed by atoms with Gasteiger partial charge in [-0.2, -0.15) is 0 Å². The smallest absolute Gasteiger partial charge is 0.220 e. The summed E-state index contributed by atoms with van der Waals surface area (Å²) >= 11 is 0. The molecule has 116 valence electrons. The molecule has 0 aliphatic heterocycles. The molecule has 0 saturated carbocycles. The Bertz CT molecular complexity index is 472. The van der Waals surface area contributed by atoms with Crippen molar-refractivity contribution >= 4 is 11.7 Å². The number of carbonyl (C=O) groups excluding carboxylic acids is 2. The van der Waals surface area contributed by atoms with Gasteiger partial charge >= 0.3 is 0 Å². The number of amides is 1. The highest BCUT2D eigenvalue weighted by molar-refractivity contribution is 5.84. The van der Waals surface area contributed by atoms with Gasteiger partial charge in [0.05, 0.1) is 7.11 Å². The molecular weight excluding hydrogens is 266 g/mol. The monoisotopic (exact) mass is 291 g/mol. The summed E-state index contributed by atoms with van der Waals surface area (Å²) < 4.78 is 5.08. The fourth-order valence-corrected chi connectivity index (χ4v) is 1.82. The van der Waals surface area contributed by atoms with Gasteiger partial charge in [0.2, 0.25) is 5.91 Å². The Kier molecular flexibility index (Phi) is 6.40. The summed E-state index contributed by atoms with van der Waals surface area (Å²) in [6, 6.07) is 7.57. The first kappa shape index (κ1) is 17.2. The molecule has 0 atom stereocenters. The molecular formula is C17H25NO3. The fourth-order valence-electron chi connectivity index (χ4n) is 1.82. The Balaban J connectivity index is 2.26. The minimum atomic E-state index is -0.320. The third kappa shape index (κ3) is 6.43. The SMILES string of the molecule is COc1ccc(CNC(=O)CCCC(=O)C(C)(C)C)cc1. The van der Waals surface area contributed by atoms with Crippen molar-refractivity contribution in [2.45, 2.75) is 46.6 Å². The lowest BCUT2D eigenvalue weighted by molar-refractivity contribution is -0.126. The van der Waals surface area contributed by atoms with E-state index in [1.54, 1.807) is 7.11 Å². The zero-order valence-electron chi connectivity index (χ0n) is 13.4. The highest BCUT2D eigenvalue weighted by Crippen LogP contribution is 2.18. The number of benzene rings is 1. The number of carbonyl (C=O) groups is 2. The number of rotatable bonds is 7. The Morgan fingerprint density at radius 2 is 1.71 bits per heavy atom. The predicted octanol–water partition coefficient (Wildman–Crippen LogP) is 3.10. The van der Waals surface area contributed by atoms with Crippen molar-refractivity contribution in [2.75, 3.05) is 7.11 Å². The van der Waals surface area contributed by atoms with Crippen LogP contribution in [0.15, 0.2) is 24.3 Å². The Hall–Kier alpha value is -1.84. The zero-order valence-corrected chi connectivity index (χ0v) is 13.4. The Labute approximate surface area is 126 Å².